The molecule has 0 saturated carbocycles. The molecule has 21 heavy (non-hydrogen) atoms. The number of methoxy groups -OCH3 is 1. The monoisotopic (exact) mass is 284 g/mol. The molecule has 0 atom stereocenters. The van der Waals surface area contributed by atoms with E-state index < -0.39 is 0 Å². The summed E-state index contributed by atoms with van der Waals surface area (Å²) < 4.78 is 5.16. The first kappa shape index (κ1) is 15.0. The van der Waals surface area contributed by atoms with Gasteiger partial charge in [0.05, 0.1) is 13.2 Å². The Hall–Kier alpha value is -2.40. The summed E-state index contributed by atoms with van der Waals surface area (Å²) in [6, 6.07) is 11.8. The van der Waals surface area contributed by atoms with E-state index in [9.17, 15) is 0 Å². The molecule has 1 aromatic carbocycles. The van der Waals surface area contributed by atoms with Crippen LogP contribution in [0.5, 0.6) is 0 Å². The lowest BCUT2D eigenvalue weighted by atomic mass is 10.2. The number of hydrogen-bond donors (Lipinski definition) is 2. The lowest BCUT2D eigenvalue weighted by molar-refractivity contribution is 0.185. The van der Waals surface area contributed by atoms with Crippen LogP contribution in [-0.2, 0) is 17.9 Å². The van der Waals surface area contributed by atoms with E-state index in [1.165, 1.54) is 0 Å². The van der Waals surface area contributed by atoms with Crippen LogP contribution in [0.4, 0.5) is 5.69 Å². The molecule has 0 aliphatic heterocycles. The van der Waals surface area contributed by atoms with Crippen molar-refractivity contribution in [2.45, 2.75) is 20.1 Å². The van der Waals surface area contributed by atoms with E-state index in [2.05, 4.69) is 15.3 Å². The zero-order valence-corrected chi connectivity index (χ0v) is 12.3. The van der Waals surface area contributed by atoms with Gasteiger partial charge in [-0.05, 0) is 24.6 Å². The molecule has 5 nitrogen and oxygen atoms in total. The van der Waals surface area contributed by atoms with Crippen molar-refractivity contribution < 1.29 is 4.74 Å². The van der Waals surface area contributed by atoms with Gasteiger partial charge < -0.3 is 15.8 Å². The van der Waals surface area contributed by atoms with E-state index in [0.29, 0.717) is 19.1 Å². The summed E-state index contributed by atoms with van der Waals surface area (Å²) >= 11 is 0. The number of benzene rings is 1. The van der Waals surface area contributed by atoms with E-state index in [0.717, 1.165) is 22.5 Å². The Balaban J connectivity index is 2.02. The first-order chi connectivity index (χ1) is 10.2. The lowest BCUT2D eigenvalue weighted by Crippen LogP contribution is -2.23. The highest BCUT2D eigenvalue weighted by Crippen LogP contribution is 2.15. The highest BCUT2D eigenvalue weighted by Gasteiger charge is 2.02. The van der Waals surface area contributed by atoms with Crippen molar-refractivity contribution >= 4 is 11.6 Å². The van der Waals surface area contributed by atoms with Crippen molar-refractivity contribution in [3.8, 4) is 0 Å². The molecular weight excluding hydrogens is 264 g/mol. The van der Waals surface area contributed by atoms with Gasteiger partial charge in [0.25, 0.3) is 0 Å². The van der Waals surface area contributed by atoms with E-state index in [1.807, 2.05) is 49.5 Å². The summed E-state index contributed by atoms with van der Waals surface area (Å²) in [5, 5.41) is 3.10. The third kappa shape index (κ3) is 4.57. The van der Waals surface area contributed by atoms with Crippen LogP contribution in [0, 0.1) is 6.92 Å². The first-order valence-electron chi connectivity index (χ1n) is 6.74. The van der Waals surface area contributed by atoms with Crippen LogP contribution in [0.3, 0.4) is 0 Å². The molecule has 0 saturated heterocycles. The van der Waals surface area contributed by atoms with Gasteiger partial charge in [-0.15, -0.1) is 0 Å². The normalized spacial score (nSPS) is 11.4. The Kier molecular flexibility index (Phi) is 5.29. The van der Waals surface area contributed by atoms with E-state index in [-0.39, 0.29) is 0 Å². The number of nitrogens with one attached hydrogen (secondary N) is 1. The first-order valence-corrected chi connectivity index (χ1v) is 6.74. The second-order valence-electron chi connectivity index (χ2n) is 4.72. The number of nitrogens with zero attached hydrogens (tertiary/aromatic N) is 2. The Morgan fingerprint density at radius 2 is 2.10 bits per heavy atom. The number of hydrogen-bond acceptors (Lipinski definition) is 3. The second-order valence-corrected chi connectivity index (χ2v) is 4.72. The molecule has 110 valence electrons. The average molecular weight is 284 g/mol. The van der Waals surface area contributed by atoms with Gasteiger partial charge >= 0.3 is 0 Å². The van der Waals surface area contributed by atoms with Gasteiger partial charge in [-0.25, -0.2) is 4.99 Å². The number of nitrogens with two attached hydrogens (primary N) is 1. The van der Waals surface area contributed by atoms with E-state index in [1.54, 1.807) is 7.11 Å². The molecule has 0 aliphatic carbocycles. The summed E-state index contributed by atoms with van der Waals surface area (Å²) in [4.78, 5) is 8.56. The van der Waals surface area contributed by atoms with Gasteiger partial charge in [0.15, 0.2) is 5.96 Å². The minimum Gasteiger partial charge on any atom is -0.380 e. The van der Waals surface area contributed by atoms with Crippen LogP contribution in [0.15, 0.2) is 47.6 Å². The molecular formula is C16H20N4O. The van der Waals surface area contributed by atoms with Crippen molar-refractivity contribution in [3.05, 3.63) is 59.4 Å². The molecule has 0 fully saturated rings. The van der Waals surface area contributed by atoms with Crippen LogP contribution in [0.1, 0.15) is 16.8 Å². The zero-order valence-electron chi connectivity index (χ0n) is 12.3. The molecule has 1 heterocycles. The maximum Gasteiger partial charge on any atom is 0.193 e. The largest absolute Gasteiger partial charge is 0.380 e. The fourth-order valence-corrected chi connectivity index (χ4v) is 1.87. The minimum atomic E-state index is 0.374. The van der Waals surface area contributed by atoms with Gasteiger partial charge in [0.1, 0.15) is 0 Å². The maximum absolute atomic E-state index is 5.93. The molecule has 3 N–H and O–H groups in total. The van der Waals surface area contributed by atoms with E-state index >= 15 is 0 Å². The Morgan fingerprint density at radius 3 is 2.81 bits per heavy atom. The van der Waals surface area contributed by atoms with Gasteiger partial charge in [0.2, 0.25) is 0 Å². The Morgan fingerprint density at radius 1 is 1.29 bits per heavy atom. The Bertz CT molecular complexity index is 608. The number of aromatic nitrogens is 1. The number of aliphatic imine (C=N–C) groups is 1. The third-order valence-corrected chi connectivity index (χ3v) is 2.98. The predicted octanol–water partition coefficient (Wildman–Crippen LogP) is 2.46. The number of pyridine rings is 1. The van der Waals surface area contributed by atoms with Crippen molar-refractivity contribution in [2.24, 2.45) is 10.7 Å². The van der Waals surface area contributed by atoms with Crippen molar-refractivity contribution in [3.63, 3.8) is 0 Å². The summed E-state index contributed by atoms with van der Waals surface area (Å²) in [5.74, 6) is 0.374. The van der Waals surface area contributed by atoms with Crippen LogP contribution in [0.2, 0.25) is 0 Å². The molecule has 0 unspecified atom stereocenters. The van der Waals surface area contributed by atoms with Crippen LogP contribution >= 0.6 is 0 Å². The molecule has 0 aliphatic rings. The van der Waals surface area contributed by atoms with Crippen molar-refractivity contribution in [1.82, 2.24) is 4.98 Å². The second kappa shape index (κ2) is 7.40. The standard InChI is InChI=1S/C16H20N4O/c1-12-7-8-13(9-18-12)10-19-16(17)20-15-6-4-3-5-14(15)11-21-2/h3-9H,10-11H2,1-2H3,(H3,17,19,20). The molecule has 2 rings (SSSR count). The van der Waals surface area contributed by atoms with Gasteiger partial charge in [-0.1, -0.05) is 24.3 Å². The zero-order chi connectivity index (χ0) is 15.1. The molecule has 0 spiro atoms. The van der Waals surface area contributed by atoms with E-state index in [4.69, 9.17) is 10.5 Å². The number of aryl methyl sites for hydroxylation is 1. The number of anilines is 1. The van der Waals surface area contributed by atoms with Crippen LogP contribution in [-0.4, -0.2) is 18.1 Å². The number of rotatable bonds is 5. The highest BCUT2D eigenvalue weighted by atomic mass is 16.5. The number of guanidine groups is 1. The van der Waals surface area contributed by atoms with Crippen LogP contribution in [0.25, 0.3) is 0 Å². The van der Waals surface area contributed by atoms with Gasteiger partial charge in [-0.2, -0.15) is 0 Å². The lowest BCUT2D eigenvalue weighted by Gasteiger charge is -2.10. The molecule has 0 radical (unpaired) electrons. The quantitative estimate of drug-likeness (QED) is 0.653. The molecule has 1 aromatic heterocycles. The van der Waals surface area contributed by atoms with Gasteiger partial charge in [-0.3, -0.25) is 4.98 Å². The fourth-order valence-electron chi connectivity index (χ4n) is 1.87. The topological polar surface area (TPSA) is 72.5 Å². The summed E-state index contributed by atoms with van der Waals surface area (Å²) in [6.07, 6.45) is 1.81. The Labute approximate surface area is 124 Å². The molecule has 0 amide bonds. The smallest absolute Gasteiger partial charge is 0.193 e. The highest BCUT2D eigenvalue weighted by molar-refractivity contribution is 5.92. The minimum absolute atomic E-state index is 0.374. The average Bonchev–Trinajstić information content (AvgIpc) is 2.49. The SMILES string of the molecule is COCc1ccccc1NC(N)=NCc1ccc(C)nc1. The summed E-state index contributed by atoms with van der Waals surface area (Å²) in [6.45, 7) is 2.98. The maximum atomic E-state index is 5.93. The predicted molar refractivity (Wildman–Crippen MR) is 85.1 cm³/mol. The third-order valence-electron chi connectivity index (χ3n) is 2.98. The number of para-hydroxylation sites is 1. The molecule has 0 bridgehead atoms. The summed E-state index contributed by atoms with van der Waals surface area (Å²) in [7, 11) is 1.67. The van der Waals surface area contributed by atoms with Gasteiger partial charge in [0, 0.05) is 30.3 Å². The molecule has 2 aromatic rings. The molecule has 5 heteroatoms. The number of ether oxygens (including phenoxy) is 1. The van der Waals surface area contributed by atoms with Crippen molar-refractivity contribution in [1.29, 1.82) is 0 Å². The van der Waals surface area contributed by atoms with Crippen molar-refractivity contribution in [2.75, 3.05) is 12.4 Å². The van der Waals surface area contributed by atoms with Crippen LogP contribution < -0.4 is 11.1 Å². The summed E-state index contributed by atoms with van der Waals surface area (Å²) in [5.41, 5.74) is 9.88. The fraction of sp³-hybridized carbons (Fsp3) is 0.250.